The van der Waals surface area contributed by atoms with Gasteiger partial charge in [0.15, 0.2) is 0 Å². The number of nitrogens with zero attached hydrogens (tertiary/aromatic N) is 1. The Morgan fingerprint density at radius 1 is 0.288 bits per heavy atom. The van der Waals surface area contributed by atoms with E-state index in [1.54, 1.807) is 0 Å². The topological polar surface area (TPSA) is 16.4 Å². The van der Waals surface area contributed by atoms with Crippen molar-refractivity contribution in [3.8, 4) is 55.6 Å². The van der Waals surface area contributed by atoms with Crippen LogP contribution in [0.4, 0.5) is 17.1 Å². The fourth-order valence-electron chi connectivity index (χ4n) is 11.8. The summed E-state index contributed by atoms with van der Waals surface area (Å²) in [5, 5.41) is 4.71. The quantitative estimate of drug-likeness (QED) is 0.143. The molecular formula is C71H47NO. The van der Waals surface area contributed by atoms with Crippen molar-refractivity contribution in [2.24, 2.45) is 0 Å². The largest absolute Gasteiger partial charge is 0.456 e. The van der Waals surface area contributed by atoms with E-state index in [-0.39, 0.29) is 0 Å². The van der Waals surface area contributed by atoms with E-state index in [1.807, 2.05) is 6.07 Å². The molecular weight excluding hydrogens is 883 g/mol. The van der Waals surface area contributed by atoms with Crippen LogP contribution in [0.5, 0.6) is 0 Å². The summed E-state index contributed by atoms with van der Waals surface area (Å²) in [7, 11) is 0. The fourth-order valence-corrected chi connectivity index (χ4v) is 11.8. The summed E-state index contributed by atoms with van der Waals surface area (Å²) in [6.07, 6.45) is 0. The van der Waals surface area contributed by atoms with Crippen molar-refractivity contribution in [3.05, 3.63) is 307 Å². The zero-order valence-corrected chi connectivity index (χ0v) is 40.0. The third-order valence-electron chi connectivity index (χ3n) is 15.2. The average Bonchev–Trinajstić information content (AvgIpc) is 4.01. The molecule has 13 aromatic rings. The number of hydrogen-bond donors (Lipinski definition) is 0. The van der Waals surface area contributed by atoms with Crippen LogP contribution in [-0.4, -0.2) is 0 Å². The van der Waals surface area contributed by atoms with Gasteiger partial charge in [-0.15, -0.1) is 0 Å². The minimum absolute atomic E-state index is 0.534. The van der Waals surface area contributed by atoms with E-state index in [2.05, 4.69) is 284 Å². The van der Waals surface area contributed by atoms with Gasteiger partial charge in [0.25, 0.3) is 0 Å². The molecule has 0 bridgehead atoms. The Morgan fingerprint density at radius 3 is 1.37 bits per heavy atom. The summed E-state index contributed by atoms with van der Waals surface area (Å²) in [6.45, 7) is 0. The molecule has 0 saturated carbocycles. The first-order valence-electron chi connectivity index (χ1n) is 25.2. The second-order valence-electron chi connectivity index (χ2n) is 19.1. The van der Waals surface area contributed by atoms with Crippen LogP contribution >= 0.6 is 0 Å². The summed E-state index contributed by atoms with van der Waals surface area (Å²) < 4.78 is 6.56. The maximum Gasteiger partial charge on any atom is 0.137 e. The predicted molar refractivity (Wildman–Crippen MR) is 305 cm³/mol. The number of anilines is 3. The van der Waals surface area contributed by atoms with E-state index in [0.717, 1.165) is 50.1 Å². The number of rotatable bonds is 9. The molecule has 1 heterocycles. The summed E-state index contributed by atoms with van der Waals surface area (Å²) in [5.74, 6) is 0. The van der Waals surface area contributed by atoms with Gasteiger partial charge in [0.1, 0.15) is 11.2 Å². The molecule has 0 radical (unpaired) electrons. The summed E-state index contributed by atoms with van der Waals surface area (Å²) in [6, 6.07) is 104. The van der Waals surface area contributed by atoms with Gasteiger partial charge in [-0.1, -0.05) is 249 Å². The van der Waals surface area contributed by atoms with Gasteiger partial charge in [0, 0.05) is 16.6 Å². The van der Waals surface area contributed by atoms with Crippen LogP contribution in [0.2, 0.25) is 0 Å². The standard InChI is InChI=1S/C71H47NO/c1-3-18-56(19-4-1)71(57-20-5-2-6-21-57)63-26-11-9-23-61(63)69-64(71)27-14-28-65(69)72(66-29-15-31-68-70(66)62-24-10-12-30-67(62)73-68)58-46-44-53(45-47-58)51-38-36-49(37-39-51)48-32-34-50(35-33-48)52-40-42-55(43-41-52)60-25-13-17-54-16-7-8-22-59(54)60/h1-47H. The third kappa shape index (κ3) is 6.94. The lowest BCUT2D eigenvalue weighted by Gasteiger charge is -2.34. The van der Waals surface area contributed by atoms with Crippen molar-refractivity contribution < 1.29 is 4.42 Å². The molecule has 0 atom stereocenters. The molecule has 0 unspecified atom stereocenters. The Labute approximate surface area is 425 Å². The van der Waals surface area contributed by atoms with Crippen molar-refractivity contribution in [3.63, 3.8) is 0 Å². The van der Waals surface area contributed by atoms with Crippen LogP contribution in [0, 0.1) is 0 Å². The highest BCUT2D eigenvalue weighted by Gasteiger charge is 2.47. The molecule has 1 aliphatic carbocycles. The van der Waals surface area contributed by atoms with Gasteiger partial charge < -0.3 is 9.32 Å². The first kappa shape index (κ1) is 42.4. The predicted octanol–water partition coefficient (Wildman–Crippen LogP) is 19.2. The van der Waals surface area contributed by atoms with Gasteiger partial charge in [-0.2, -0.15) is 0 Å². The van der Waals surface area contributed by atoms with Gasteiger partial charge in [-0.05, 0) is 119 Å². The van der Waals surface area contributed by atoms with E-state index >= 15 is 0 Å². The summed E-state index contributed by atoms with van der Waals surface area (Å²) in [4.78, 5) is 2.46. The monoisotopic (exact) mass is 929 g/mol. The van der Waals surface area contributed by atoms with E-state index < -0.39 is 5.41 Å². The smallest absolute Gasteiger partial charge is 0.137 e. The highest BCUT2D eigenvalue weighted by molar-refractivity contribution is 6.14. The van der Waals surface area contributed by atoms with E-state index in [9.17, 15) is 0 Å². The zero-order valence-electron chi connectivity index (χ0n) is 40.0. The molecule has 2 heteroatoms. The molecule has 1 aliphatic rings. The Hall–Kier alpha value is -9.50. The maximum atomic E-state index is 6.56. The molecule has 0 saturated heterocycles. The van der Waals surface area contributed by atoms with Crippen LogP contribution in [0.1, 0.15) is 22.3 Å². The molecule has 1 aromatic heterocycles. The van der Waals surface area contributed by atoms with Gasteiger partial charge in [-0.3, -0.25) is 0 Å². The lowest BCUT2D eigenvalue weighted by Crippen LogP contribution is -2.28. The lowest BCUT2D eigenvalue weighted by atomic mass is 9.68. The van der Waals surface area contributed by atoms with Crippen LogP contribution in [0.3, 0.4) is 0 Å². The Bertz CT molecular complexity index is 4110. The van der Waals surface area contributed by atoms with Crippen LogP contribution < -0.4 is 4.90 Å². The van der Waals surface area contributed by atoms with Gasteiger partial charge in [-0.25, -0.2) is 0 Å². The summed E-state index contributed by atoms with van der Waals surface area (Å²) >= 11 is 0. The Kier molecular flexibility index (Phi) is 10.1. The molecule has 0 fully saturated rings. The maximum absolute atomic E-state index is 6.56. The molecule has 0 spiro atoms. The van der Waals surface area contributed by atoms with E-state index in [4.69, 9.17) is 4.42 Å². The molecule has 0 N–H and O–H groups in total. The molecule has 12 aromatic carbocycles. The SMILES string of the molecule is c1ccc(C2(c3ccccc3)c3ccccc3-c3c(N(c4ccc(-c5ccc(-c6ccc(-c7ccc(-c8cccc9ccccc89)cc7)cc6)cc5)cc4)c4cccc5oc6ccccc6c45)cccc32)cc1. The van der Waals surface area contributed by atoms with Gasteiger partial charge in [0.2, 0.25) is 0 Å². The van der Waals surface area contributed by atoms with Crippen molar-refractivity contribution in [2.45, 2.75) is 5.41 Å². The zero-order chi connectivity index (χ0) is 48.3. The molecule has 73 heavy (non-hydrogen) atoms. The Morgan fingerprint density at radius 2 is 0.726 bits per heavy atom. The van der Waals surface area contributed by atoms with Crippen LogP contribution in [0.25, 0.3) is 88.3 Å². The van der Waals surface area contributed by atoms with Crippen LogP contribution in [0.15, 0.2) is 290 Å². The van der Waals surface area contributed by atoms with Gasteiger partial charge >= 0.3 is 0 Å². The number of hydrogen-bond acceptors (Lipinski definition) is 2. The minimum Gasteiger partial charge on any atom is -0.456 e. The molecule has 14 rings (SSSR count). The van der Waals surface area contributed by atoms with Crippen LogP contribution in [-0.2, 0) is 5.41 Å². The Balaban J connectivity index is 0.831. The molecule has 2 nitrogen and oxygen atoms in total. The second-order valence-corrected chi connectivity index (χ2v) is 19.1. The van der Waals surface area contributed by atoms with E-state index in [0.29, 0.717) is 0 Å². The summed E-state index contributed by atoms with van der Waals surface area (Å²) in [5.41, 5.74) is 21.5. The van der Waals surface area contributed by atoms with Crippen molar-refractivity contribution in [1.82, 2.24) is 0 Å². The number of furan rings is 1. The number of benzene rings is 12. The molecule has 342 valence electrons. The first-order valence-corrected chi connectivity index (χ1v) is 25.2. The first-order chi connectivity index (χ1) is 36.2. The van der Waals surface area contributed by atoms with E-state index in [1.165, 1.54) is 77.5 Å². The lowest BCUT2D eigenvalue weighted by molar-refractivity contribution is 0.669. The van der Waals surface area contributed by atoms with Crippen molar-refractivity contribution in [1.29, 1.82) is 0 Å². The van der Waals surface area contributed by atoms with Crippen molar-refractivity contribution >= 4 is 49.8 Å². The fraction of sp³-hybridized carbons (Fsp3) is 0.0141. The average molecular weight is 930 g/mol. The minimum atomic E-state index is -0.534. The van der Waals surface area contributed by atoms with Gasteiger partial charge in [0.05, 0.1) is 22.2 Å². The number of fused-ring (bicyclic) bond motifs is 7. The number of para-hydroxylation sites is 1. The highest BCUT2D eigenvalue weighted by Crippen LogP contribution is 2.60. The van der Waals surface area contributed by atoms with Crippen molar-refractivity contribution in [2.75, 3.05) is 4.90 Å². The highest BCUT2D eigenvalue weighted by atomic mass is 16.3. The normalized spacial score (nSPS) is 12.5. The second kappa shape index (κ2) is 17.4. The molecule has 0 amide bonds. The molecule has 0 aliphatic heterocycles. The third-order valence-corrected chi connectivity index (χ3v) is 15.2.